The number of halogens is 1. The zero-order valence-corrected chi connectivity index (χ0v) is 38.8. The average molecular weight is 916 g/mol. The van der Waals surface area contributed by atoms with Crippen LogP contribution in [0.25, 0.3) is 32.0 Å². The molecule has 8 atom stereocenters. The number of nitrogens with zero attached hydrogens (tertiary/aromatic N) is 12. The number of ether oxygens (including phenoxy) is 4. The van der Waals surface area contributed by atoms with Crippen molar-refractivity contribution in [1.82, 2.24) is 49.9 Å². The predicted molar refractivity (Wildman–Crippen MR) is 243 cm³/mol. The number of fused-ring (bicyclic) bond motifs is 4. The molecule has 4 aromatic heterocycles. The van der Waals surface area contributed by atoms with Crippen molar-refractivity contribution in [2.24, 2.45) is 5.73 Å². The number of nitrogens with one attached hydrogen (secondary N) is 1. The monoisotopic (exact) mass is 914 g/mol. The van der Waals surface area contributed by atoms with Gasteiger partial charge in [0.2, 0.25) is 0 Å². The molecule has 0 bridgehead atoms. The second kappa shape index (κ2) is 21.9. The molecule has 0 radical (unpaired) electrons. The van der Waals surface area contributed by atoms with Crippen LogP contribution in [0.3, 0.4) is 0 Å². The maximum absolute atomic E-state index is 7.60. The molecule has 0 unspecified atom stereocenters. The highest BCUT2D eigenvalue weighted by Gasteiger charge is 2.60. The van der Waals surface area contributed by atoms with Crippen molar-refractivity contribution in [3.8, 4) is 0 Å². The van der Waals surface area contributed by atoms with Gasteiger partial charge in [-0.3, -0.25) is 0 Å². The van der Waals surface area contributed by atoms with Gasteiger partial charge in [0, 0.05) is 18.1 Å². The van der Waals surface area contributed by atoms with Crippen LogP contribution < -0.4 is 11.1 Å². The van der Waals surface area contributed by atoms with Gasteiger partial charge in [-0.15, -0.1) is 10.2 Å². The van der Waals surface area contributed by atoms with Crippen LogP contribution in [0, 0.1) is 13.1 Å². The minimum atomic E-state index is -0.720. The summed E-state index contributed by atoms with van der Waals surface area (Å²) in [6.07, 6.45) is 6.71. The molecule has 4 fully saturated rings. The number of thioether (sulfide) groups is 2. The molecule has 6 heterocycles. The van der Waals surface area contributed by atoms with E-state index in [1.807, 2.05) is 32.4 Å². The molecule has 8 rings (SSSR count). The molecule has 0 spiro atoms. The van der Waals surface area contributed by atoms with Crippen LogP contribution in [0.2, 0.25) is 5.15 Å². The highest BCUT2D eigenvalue weighted by Crippen LogP contribution is 2.47. The van der Waals surface area contributed by atoms with Crippen LogP contribution in [-0.4, -0.2) is 123 Å². The summed E-state index contributed by atoms with van der Waals surface area (Å²) in [7, 11) is 0. The molecule has 4 aromatic rings. The number of unbranched alkanes of at least 4 members (excludes halogenated alkanes) is 2. The number of rotatable bonds is 14. The van der Waals surface area contributed by atoms with E-state index in [0.717, 1.165) is 56.1 Å². The van der Waals surface area contributed by atoms with Crippen molar-refractivity contribution < 1.29 is 18.9 Å². The number of hydrogen-bond acceptors (Lipinski definition) is 16. The quantitative estimate of drug-likeness (QED) is 0.0403. The Labute approximate surface area is 378 Å². The van der Waals surface area contributed by atoms with Crippen LogP contribution in [0.4, 0.5) is 5.82 Å². The SMILES string of the molecule is C.CCCCN.[C-]#[N+][C@H]1C[C@@H](n2nnc3c(Cl)nc(SCCC)nc32)[C@@H]2OC(C)(C)O[C@@H]21.[C-]#[N+][C@H]1C[C@@H](n2nnc3c(NCCCC)nc(SCCC)nc32)[C@@H]2OC(C)(C)O[C@@H]21. The van der Waals surface area contributed by atoms with Gasteiger partial charge in [-0.25, -0.2) is 42.4 Å². The van der Waals surface area contributed by atoms with E-state index >= 15 is 0 Å². The lowest BCUT2D eigenvalue weighted by Gasteiger charge is -2.21. The normalized spacial score (nSPS) is 26.4. The lowest BCUT2D eigenvalue weighted by Crippen LogP contribution is -2.28. The van der Waals surface area contributed by atoms with E-state index < -0.39 is 11.6 Å². The first-order chi connectivity index (χ1) is 29.3. The molecule has 0 aromatic carbocycles. The molecule has 2 saturated carbocycles. The standard InChI is InChI=1S/C20H29N7O2S.C16H19ClN6O2S.C4H11N.CH4/c1-6-8-9-22-17-14-18(24-19(23-17)30-10-7-2)27(26-25-14)13-11-12(21-5)15-16(13)29-20(3,4)28-15;1-5-6-26-15-19-13(17)10-14(20-15)23(22-21-10)9-7-8(18-4)11-12(9)25-16(2,3)24-11;1-2-3-4-5;/h12-13,15-16H,6-11H2,1-4H3,(H,22,23,24);8-9,11-12H,5-7H2,1-3H3;2-5H2,1H3;1H4/t12-,13+,15+,16-;8-,9+,11+,12-;;/m00../s1. The number of hydrogen-bond donors (Lipinski definition) is 2. The molecule has 340 valence electrons. The number of anilines is 1. The third kappa shape index (κ3) is 11.1. The highest BCUT2D eigenvalue weighted by atomic mass is 35.5. The lowest BCUT2D eigenvalue weighted by molar-refractivity contribution is -0.156. The Hall–Kier alpha value is -3.47. The zero-order valence-electron chi connectivity index (χ0n) is 36.4. The average Bonchev–Trinajstić information content (AvgIpc) is 4.08. The topological polar surface area (TPSA) is 197 Å². The second-order valence-electron chi connectivity index (χ2n) is 16.3. The number of aromatic nitrogens is 10. The molecule has 2 saturated heterocycles. The van der Waals surface area contributed by atoms with Gasteiger partial charge in [0.05, 0.1) is 24.9 Å². The van der Waals surface area contributed by atoms with Crippen LogP contribution in [0.15, 0.2) is 10.3 Å². The second-order valence-corrected chi connectivity index (χ2v) is 18.8. The van der Waals surface area contributed by atoms with Crippen LogP contribution in [0.5, 0.6) is 0 Å². The molecule has 21 heteroatoms. The third-order valence-electron chi connectivity index (χ3n) is 10.6. The van der Waals surface area contributed by atoms with Gasteiger partial charge in [0.15, 0.2) is 67.4 Å². The van der Waals surface area contributed by atoms with E-state index in [4.69, 9.17) is 59.4 Å². The first kappa shape index (κ1) is 49.5. The molecule has 0 amide bonds. The molecule has 18 nitrogen and oxygen atoms in total. The summed E-state index contributed by atoms with van der Waals surface area (Å²) in [6.45, 7) is 32.8. The van der Waals surface area contributed by atoms with Crippen molar-refractivity contribution in [1.29, 1.82) is 0 Å². The fraction of sp³-hybridized carbons (Fsp3) is 0.756. The summed E-state index contributed by atoms with van der Waals surface area (Å²) in [4.78, 5) is 25.9. The summed E-state index contributed by atoms with van der Waals surface area (Å²) in [5.74, 6) is 1.14. The summed E-state index contributed by atoms with van der Waals surface area (Å²) >= 11 is 9.47. The molecule has 3 N–H and O–H groups in total. The van der Waals surface area contributed by atoms with Gasteiger partial charge in [-0.1, -0.05) is 93.5 Å². The van der Waals surface area contributed by atoms with Crippen molar-refractivity contribution in [3.05, 3.63) is 28.0 Å². The summed E-state index contributed by atoms with van der Waals surface area (Å²) < 4.78 is 27.8. The number of nitrogens with two attached hydrogens (primary N) is 1. The Kier molecular flexibility index (Phi) is 17.5. The van der Waals surface area contributed by atoms with Crippen molar-refractivity contribution in [2.45, 2.75) is 185 Å². The van der Waals surface area contributed by atoms with Crippen LogP contribution in [0.1, 0.15) is 126 Å². The molecule has 2 aliphatic heterocycles. The van der Waals surface area contributed by atoms with E-state index in [9.17, 15) is 0 Å². The molecule has 62 heavy (non-hydrogen) atoms. The van der Waals surface area contributed by atoms with Gasteiger partial charge >= 0.3 is 0 Å². The van der Waals surface area contributed by atoms with Crippen molar-refractivity contribution in [3.63, 3.8) is 0 Å². The Morgan fingerprint density at radius 3 is 1.63 bits per heavy atom. The van der Waals surface area contributed by atoms with E-state index in [1.54, 1.807) is 28.2 Å². The van der Waals surface area contributed by atoms with Crippen molar-refractivity contribution in [2.75, 3.05) is 29.9 Å². The van der Waals surface area contributed by atoms with E-state index in [2.05, 4.69) is 73.3 Å². The lowest BCUT2D eigenvalue weighted by atomic mass is 10.2. The predicted octanol–water partition coefficient (Wildman–Crippen LogP) is 8.20. The van der Waals surface area contributed by atoms with Gasteiger partial charge in [-0.05, 0) is 59.9 Å². The minimum Gasteiger partial charge on any atom is -0.368 e. The van der Waals surface area contributed by atoms with E-state index in [-0.39, 0.29) is 56.0 Å². The summed E-state index contributed by atoms with van der Waals surface area (Å²) in [5, 5.41) is 22.3. The molecular formula is C41H63ClN14O4S2. The largest absolute Gasteiger partial charge is 0.368 e. The first-order valence-corrected chi connectivity index (χ1v) is 23.7. The molecule has 2 aliphatic carbocycles. The van der Waals surface area contributed by atoms with Gasteiger partial charge in [0.25, 0.3) is 12.1 Å². The Bertz CT molecular complexity index is 2170. The van der Waals surface area contributed by atoms with Gasteiger partial charge in [-0.2, -0.15) is 0 Å². The Balaban J connectivity index is 0.000000210. The zero-order chi connectivity index (χ0) is 43.9. The van der Waals surface area contributed by atoms with E-state index in [0.29, 0.717) is 50.6 Å². The van der Waals surface area contributed by atoms with Crippen LogP contribution >= 0.6 is 35.1 Å². The third-order valence-corrected chi connectivity index (χ3v) is 13.0. The smallest absolute Gasteiger partial charge is 0.254 e. The first-order valence-electron chi connectivity index (χ1n) is 21.4. The molecular weight excluding hydrogens is 852 g/mol. The van der Waals surface area contributed by atoms with Crippen LogP contribution in [-0.2, 0) is 18.9 Å². The van der Waals surface area contributed by atoms with Gasteiger partial charge in [0.1, 0.15) is 12.2 Å². The Morgan fingerprint density at radius 2 is 1.18 bits per heavy atom. The Morgan fingerprint density at radius 1 is 0.710 bits per heavy atom. The summed E-state index contributed by atoms with van der Waals surface area (Å²) in [5.41, 5.74) is 7.53. The fourth-order valence-electron chi connectivity index (χ4n) is 7.85. The van der Waals surface area contributed by atoms with Crippen molar-refractivity contribution >= 4 is 63.3 Å². The minimum absolute atomic E-state index is 0. The fourth-order valence-corrected chi connectivity index (χ4v) is 9.49. The summed E-state index contributed by atoms with van der Waals surface area (Å²) in [6, 6.07) is -0.875. The maximum atomic E-state index is 7.60. The highest BCUT2D eigenvalue weighted by molar-refractivity contribution is 7.99. The van der Waals surface area contributed by atoms with E-state index in [1.165, 1.54) is 12.8 Å². The molecule has 4 aliphatic rings. The van der Waals surface area contributed by atoms with Gasteiger partial charge < -0.3 is 39.7 Å². The maximum Gasteiger partial charge on any atom is 0.254 e.